The quantitative estimate of drug-likeness (QED) is 0.169. The van der Waals surface area contributed by atoms with Crippen molar-refractivity contribution in [3.8, 4) is 17.2 Å². The van der Waals surface area contributed by atoms with Crippen LogP contribution in [0.25, 0.3) is 0 Å². The Morgan fingerprint density at radius 2 is 1.54 bits per heavy atom. The van der Waals surface area contributed by atoms with Crippen molar-refractivity contribution in [3.63, 3.8) is 0 Å². The maximum absolute atomic E-state index is 14.3. The third-order valence-corrected chi connectivity index (χ3v) is 11.7. The van der Waals surface area contributed by atoms with E-state index in [0.29, 0.717) is 22.4 Å². The van der Waals surface area contributed by atoms with Crippen LogP contribution in [-0.2, 0) is 19.2 Å². The zero-order chi connectivity index (χ0) is 34.3. The van der Waals surface area contributed by atoms with E-state index in [-0.39, 0.29) is 41.4 Å². The third-order valence-electron chi connectivity index (χ3n) is 10.3. The molecule has 10 nitrogen and oxygen atoms in total. The Balaban J connectivity index is 1.31. The van der Waals surface area contributed by atoms with Gasteiger partial charge in [-0.1, -0.05) is 42.0 Å². The fourth-order valence-electron chi connectivity index (χ4n) is 8.00. The molecule has 48 heavy (non-hydrogen) atoms. The maximum atomic E-state index is 14.3. The summed E-state index contributed by atoms with van der Waals surface area (Å²) in [6.07, 6.45) is 1.71. The lowest BCUT2D eigenvalue weighted by atomic mass is 9.56. The van der Waals surface area contributed by atoms with Crippen molar-refractivity contribution >= 4 is 58.3 Å². The van der Waals surface area contributed by atoms with Gasteiger partial charge in [0.2, 0.25) is 11.8 Å². The molecule has 6 atom stereocenters. The van der Waals surface area contributed by atoms with E-state index < -0.39 is 57.0 Å². The Morgan fingerprint density at radius 1 is 0.875 bits per heavy atom. The highest BCUT2D eigenvalue weighted by Crippen LogP contribution is 2.67. The molecule has 6 unspecified atom stereocenters. The molecule has 3 aromatic carbocycles. The van der Waals surface area contributed by atoms with Gasteiger partial charge in [0, 0.05) is 41.8 Å². The molecule has 2 aliphatic carbocycles. The highest BCUT2D eigenvalue weighted by Gasteiger charge is 2.76. The van der Waals surface area contributed by atoms with Crippen molar-refractivity contribution in [2.45, 2.75) is 28.5 Å². The number of alkyl halides is 2. The summed E-state index contributed by atoms with van der Waals surface area (Å²) in [6, 6.07) is 17.9. The molecule has 0 aromatic heterocycles. The second-order valence-electron chi connectivity index (χ2n) is 12.5. The minimum Gasteiger partial charge on any atom is -0.507 e. The van der Waals surface area contributed by atoms with Crippen LogP contribution < -0.4 is 14.4 Å². The lowest BCUT2D eigenvalue weighted by molar-refractivity contribution is -0.138. The minimum atomic E-state index is -2.10. The fourth-order valence-corrected chi connectivity index (χ4v) is 9.00. The molecule has 0 bridgehead atoms. The highest BCUT2D eigenvalue weighted by molar-refractivity contribution is 6.53. The number of hydrogen-bond donors (Lipinski definition) is 1. The summed E-state index contributed by atoms with van der Waals surface area (Å²) >= 11 is 14.5. The van der Waals surface area contributed by atoms with E-state index in [4.69, 9.17) is 32.7 Å². The highest BCUT2D eigenvalue weighted by atomic mass is 35.5. The number of halogens is 2. The number of fused-ring (bicyclic) bond motifs is 4. The molecule has 1 saturated carbocycles. The topological polar surface area (TPSA) is 131 Å². The van der Waals surface area contributed by atoms with Gasteiger partial charge in [-0.15, -0.1) is 23.2 Å². The number of benzene rings is 3. The molecule has 2 heterocycles. The number of hydrogen-bond acceptors (Lipinski definition) is 8. The molecule has 0 spiro atoms. The van der Waals surface area contributed by atoms with Gasteiger partial charge in [0.05, 0.1) is 31.7 Å². The fraction of sp³-hybridized carbons (Fsp3) is 0.306. The van der Waals surface area contributed by atoms with Crippen LogP contribution >= 0.6 is 23.2 Å². The number of ether oxygens (including phenoxy) is 2. The molecule has 3 aromatic rings. The summed E-state index contributed by atoms with van der Waals surface area (Å²) in [4.78, 5) is 66.7. The summed E-state index contributed by atoms with van der Waals surface area (Å²) in [5, 5.41) is 11.4. The van der Waals surface area contributed by atoms with Gasteiger partial charge in [0.25, 0.3) is 11.8 Å². The van der Waals surface area contributed by atoms with E-state index in [9.17, 15) is 29.1 Å². The number of phenolic OH excluding ortho intramolecular Hbond substituents is 1. The molecular weight excluding hydrogens is 659 g/mol. The van der Waals surface area contributed by atoms with Gasteiger partial charge in [-0.05, 0) is 43.0 Å². The number of likely N-dealkylation sites (tertiary alicyclic amines) is 1. The summed E-state index contributed by atoms with van der Waals surface area (Å²) < 4.78 is 10.9. The van der Waals surface area contributed by atoms with Gasteiger partial charge in [-0.25, -0.2) is 0 Å². The summed E-state index contributed by atoms with van der Waals surface area (Å²) in [7, 11) is 4.08. The Bertz CT molecular complexity index is 1950. The van der Waals surface area contributed by atoms with Crippen LogP contribution in [0.3, 0.4) is 0 Å². The van der Waals surface area contributed by atoms with Gasteiger partial charge >= 0.3 is 0 Å². The molecule has 12 heteroatoms. The predicted molar refractivity (Wildman–Crippen MR) is 175 cm³/mol. The van der Waals surface area contributed by atoms with E-state index in [0.717, 1.165) is 9.80 Å². The molecule has 2 aliphatic heterocycles. The number of ketones is 1. The van der Waals surface area contributed by atoms with Gasteiger partial charge in [0.15, 0.2) is 15.5 Å². The van der Waals surface area contributed by atoms with Crippen molar-refractivity contribution < 1.29 is 38.6 Å². The number of nitrogens with zero attached hydrogens (tertiary/aromatic N) is 2. The average Bonchev–Trinajstić information content (AvgIpc) is 3.43. The number of carbonyl (C=O) groups is 5. The molecule has 1 N–H and O–H groups in total. The molecule has 7 rings (SSSR count). The van der Waals surface area contributed by atoms with Crippen LogP contribution in [0.4, 0.5) is 5.69 Å². The van der Waals surface area contributed by atoms with Gasteiger partial charge in [-0.3, -0.25) is 33.8 Å². The average molecular weight is 690 g/mol. The van der Waals surface area contributed by atoms with E-state index in [1.165, 1.54) is 33.4 Å². The first kappa shape index (κ1) is 31.9. The Hall–Kier alpha value is -4.67. The first-order valence-electron chi connectivity index (χ1n) is 15.3. The molecule has 3 fully saturated rings. The Labute approximate surface area is 285 Å². The Morgan fingerprint density at radius 3 is 2.19 bits per heavy atom. The number of allylic oxidation sites excluding steroid dienone is 2. The number of imide groups is 2. The largest absolute Gasteiger partial charge is 0.507 e. The molecule has 246 valence electrons. The van der Waals surface area contributed by atoms with Crippen LogP contribution in [0, 0.1) is 17.8 Å². The molecule has 4 aliphatic rings. The van der Waals surface area contributed by atoms with E-state index in [2.05, 4.69) is 0 Å². The zero-order valence-corrected chi connectivity index (χ0v) is 27.6. The van der Waals surface area contributed by atoms with Gasteiger partial charge in [-0.2, -0.15) is 0 Å². The third kappa shape index (κ3) is 4.21. The first-order chi connectivity index (χ1) is 22.9. The number of methoxy groups -OCH3 is 2. The number of amides is 4. The SMILES string of the molecule is COc1cc(O)c(C2C3=CCC4C(=O)N(c5ccc(C(=O)c6ccccc6)cc5)C(=O)C4C3CC3(Cl)C(=O)N(C)C(=O)C23Cl)c(OC)c1. The molecule has 2 saturated heterocycles. The van der Waals surface area contributed by atoms with Crippen LogP contribution in [0.1, 0.15) is 40.2 Å². The summed E-state index contributed by atoms with van der Waals surface area (Å²) in [5.74, 6) is -6.26. The first-order valence-corrected chi connectivity index (χ1v) is 16.1. The van der Waals surface area contributed by atoms with Crippen LogP contribution in [0.15, 0.2) is 78.4 Å². The Kier molecular flexibility index (Phi) is 7.45. The van der Waals surface area contributed by atoms with Crippen LogP contribution in [0.5, 0.6) is 17.2 Å². The van der Waals surface area contributed by atoms with E-state index >= 15 is 0 Å². The second-order valence-corrected chi connectivity index (χ2v) is 13.8. The number of anilines is 1. The number of rotatable bonds is 6. The maximum Gasteiger partial charge on any atom is 0.253 e. The zero-order valence-electron chi connectivity index (χ0n) is 26.1. The molecule has 0 radical (unpaired) electrons. The van der Waals surface area contributed by atoms with Crippen LogP contribution in [-0.4, -0.2) is 70.4 Å². The molecular formula is C36H30Cl2N2O8. The normalized spacial score (nSPS) is 29.3. The minimum absolute atomic E-state index is 0.108. The summed E-state index contributed by atoms with van der Waals surface area (Å²) in [5.41, 5.74) is 1.81. The van der Waals surface area contributed by atoms with Crippen molar-refractivity contribution in [1.29, 1.82) is 0 Å². The standard InChI is InChI=1S/C36H30Cl2N2O8/c1-39-33(45)35(37)17-24-22(29(36(35,38)34(39)46)28-25(41)15-21(47-2)16-26(28)48-3)13-14-23-27(24)32(44)40(31(23)43)20-11-9-19(10-12-20)30(42)18-7-5-4-6-8-18/h4-13,15-16,23-24,27,29,41H,14,17H2,1-3H3. The van der Waals surface area contributed by atoms with E-state index in [1.54, 1.807) is 54.6 Å². The lowest BCUT2D eigenvalue weighted by Crippen LogP contribution is -2.60. The van der Waals surface area contributed by atoms with Gasteiger partial charge < -0.3 is 14.6 Å². The number of carbonyl (C=O) groups excluding carboxylic acids is 5. The smallest absolute Gasteiger partial charge is 0.253 e. The molecule has 4 amide bonds. The predicted octanol–water partition coefficient (Wildman–Crippen LogP) is 4.83. The summed E-state index contributed by atoms with van der Waals surface area (Å²) in [6.45, 7) is 0. The number of aromatic hydroxyl groups is 1. The van der Waals surface area contributed by atoms with Crippen LogP contribution in [0.2, 0.25) is 0 Å². The van der Waals surface area contributed by atoms with Gasteiger partial charge in [0.1, 0.15) is 17.2 Å². The van der Waals surface area contributed by atoms with E-state index in [1.807, 2.05) is 6.07 Å². The lowest BCUT2D eigenvalue weighted by Gasteiger charge is -2.51. The second kappa shape index (κ2) is 11.2. The number of phenols is 1. The van der Waals surface area contributed by atoms with Crippen molar-refractivity contribution in [2.75, 3.05) is 26.2 Å². The van der Waals surface area contributed by atoms with Crippen molar-refractivity contribution in [1.82, 2.24) is 4.90 Å². The van der Waals surface area contributed by atoms with Crippen molar-refractivity contribution in [3.05, 3.63) is 95.1 Å². The van der Waals surface area contributed by atoms with Crippen molar-refractivity contribution in [2.24, 2.45) is 17.8 Å². The monoisotopic (exact) mass is 688 g/mol.